The first-order valence-corrected chi connectivity index (χ1v) is 17.9. The Morgan fingerprint density at radius 1 is 0.549 bits per heavy atom. The van der Waals surface area contributed by atoms with Crippen LogP contribution in [0.2, 0.25) is 0 Å². The summed E-state index contributed by atoms with van der Waals surface area (Å²) in [7, 11) is 0. The smallest absolute Gasteiger partial charge is 0.0715 e. The van der Waals surface area contributed by atoms with Gasteiger partial charge in [-0.2, -0.15) is 0 Å². The average molecular weight is 651 g/mol. The van der Waals surface area contributed by atoms with E-state index in [-0.39, 0.29) is 5.54 Å². The van der Waals surface area contributed by atoms with Crippen molar-refractivity contribution in [3.8, 4) is 50.2 Å². The monoisotopic (exact) mass is 650 g/mol. The molecule has 1 aromatic heterocycles. The fraction of sp³-hybridized carbons (Fsp3) is 0.0612. The summed E-state index contributed by atoms with van der Waals surface area (Å²) < 4.78 is 2.40. The van der Waals surface area contributed by atoms with Crippen molar-refractivity contribution in [1.82, 2.24) is 4.57 Å². The Morgan fingerprint density at radius 3 is 1.88 bits per heavy atom. The van der Waals surface area contributed by atoms with Crippen molar-refractivity contribution in [2.75, 3.05) is 4.90 Å². The Labute approximate surface area is 297 Å². The molecule has 1 unspecified atom stereocenters. The molecule has 2 heteroatoms. The Hall–Kier alpha value is -6.38. The number of anilines is 2. The molecule has 0 bridgehead atoms. The third-order valence-corrected chi connectivity index (χ3v) is 11.5. The van der Waals surface area contributed by atoms with E-state index in [2.05, 4.69) is 192 Å². The summed E-state index contributed by atoms with van der Waals surface area (Å²) in [6.07, 6.45) is 10.1. The number of hydrogen-bond acceptors (Lipinski definition) is 1. The van der Waals surface area contributed by atoms with E-state index in [0.29, 0.717) is 0 Å². The molecule has 2 aliphatic carbocycles. The van der Waals surface area contributed by atoms with Crippen LogP contribution in [0.3, 0.4) is 0 Å². The normalized spacial score (nSPS) is 16.7. The molecule has 51 heavy (non-hydrogen) atoms. The predicted octanol–water partition coefficient (Wildman–Crippen LogP) is 13.0. The van der Waals surface area contributed by atoms with Gasteiger partial charge in [-0.25, -0.2) is 0 Å². The van der Waals surface area contributed by atoms with Crippen LogP contribution >= 0.6 is 0 Å². The van der Waals surface area contributed by atoms with Crippen molar-refractivity contribution in [2.24, 2.45) is 0 Å². The predicted molar refractivity (Wildman–Crippen MR) is 215 cm³/mol. The quantitative estimate of drug-likeness (QED) is 0.185. The minimum atomic E-state index is -0.0890. The highest BCUT2D eigenvalue weighted by Crippen LogP contribution is 2.54. The molecule has 8 aromatic rings. The van der Waals surface area contributed by atoms with E-state index in [1.54, 1.807) is 0 Å². The first kappa shape index (κ1) is 28.5. The number of allylic oxidation sites excluding steroid dienone is 2. The highest BCUT2D eigenvalue weighted by Gasteiger charge is 2.44. The second-order valence-corrected chi connectivity index (χ2v) is 14.3. The molecule has 0 saturated carbocycles. The van der Waals surface area contributed by atoms with Gasteiger partial charge in [0.25, 0.3) is 0 Å². The molecule has 11 rings (SSSR count). The Balaban J connectivity index is 1.02. The van der Waals surface area contributed by atoms with Crippen LogP contribution < -0.4 is 4.90 Å². The standard InChI is InChI=1S/C49H34N2/c1-49-29-11-10-19-44(49)42-18-8-9-20-45(42)51(49)36-27-23-33(24-28-36)32-21-25-35(26-22-32)50-31-43-40-16-5-4-14-38(40)39-15-6-7-17-41(39)47-37-13-3-2-12-34(37)30-46(50)48(43)47/h2-28,30-31H,29H2,1H3. The molecule has 3 aliphatic rings. The summed E-state index contributed by atoms with van der Waals surface area (Å²) in [5.41, 5.74) is 17.7. The van der Waals surface area contributed by atoms with Crippen molar-refractivity contribution in [2.45, 2.75) is 18.9 Å². The van der Waals surface area contributed by atoms with Crippen molar-refractivity contribution in [3.63, 3.8) is 0 Å². The van der Waals surface area contributed by atoms with Crippen LogP contribution in [0.15, 0.2) is 176 Å². The SMILES string of the molecule is CC12CC=CC=C1c1ccccc1N2c1ccc(-c2ccc(-n3cc4c5c(c6ccccc6cc53)-c3ccccc3-c3ccccc3-4)cc2)cc1. The van der Waals surface area contributed by atoms with E-state index in [9.17, 15) is 0 Å². The third-order valence-electron chi connectivity index (χ3n) is 11.5. The number of benzene rings is 7. The lowest BCUT2D eigenvalue weighted by Gasteiger charge is -2.39. The molecule has 7 aromatic carbocycles. The molecule has 0 amide bonds. The van der Waals surface area contributed by atoms with E-state index in [1.807, 2.05) is 0 Å². The number of hydrogen-bond donors (Lipinski definition) is 0. The number of rotatable bonds is 3. The van der Waals surface area contributed by atoms with E-state index < -0.39 is 0 Å². The topological polar surface area (TPSA) is 8.17 Å². The van der Waals surface area contributed by atoms with Gasteiger partial charge in [-0.3, -0.25) is 0 Å². The second kappa shape index (κ2) is 10.6. The zero-order chi connectivity index (χ0) is 33.7. The van der Waals surface area contributed by atoms with Gasteiger partial charge in [0.2, 0.25) is 0 Å². The zero-order valence-corrected chi connectivity index (χ0v) is 28.3. The maximum absolute atomic E-state index is 2.53. The van der Waals surface area contributed by atoms with Crippen LogP contribution in [-0.2, 0) is 0 Å². The lowest BCUT2D eigenvalue weighted by molar-refractivity contribution is 0.607. The number of nitrogens with zero attached hydrogens (tertiary/aromatic N) is 2. The van der Waals surface area contributed by atoms with Gasteiger partial charge in [0.05, 0.1) is 11.1 Å². The number of aromatic nitrogens is 1. The van der Waals surface area contributed by atoms with Crippen molar-refractivity contribution in [3.05, 3.63) is 182 Å². The van der Waals surface area contributed by atoms with Gasteiger partial charge in [-0.05, 0) is 99.5 Å². The third kappa shape index (κ3) is 3.99. The van der Waals surface area contributed by atoms with Crippen LogP contribution in [-0.4, -0.2) is 10.1 Å². The Kier molecular flexibility index (Phi) is 5.89. The van der Waals surface area contributed by atoms with Gasteiger partial charge in [-0.1, -0.05) is 133 Å². The summed E-state index contributed by atoms with van der Waals surface area (Å²) in [6.45, 7) is 2.37. The van der Waals surface area contributed by atoms with Crippen LogP contribution in [0.4, 0.5) is 11.4 Å². The van der Waals surface area contributed by atoms with Gasteiger partial charge in [0, 0.05) is 45.3 Å². The van der Waals surface area contributed by atoms with E-state index in [0.717, 1.165) is 12.1 Å². The molecule has 1 aliphatic heterocycles. The lowest BCUT2D eigenvalue weighted by Crippen LogP contribution is -2.40. The second-order valence-electron chi connectivity index (χ2n) is 14.3. The minimum Gasteiger partial charge on any atom is -0.331 e. The summed E-state index contributed by atoms with van der Waals surface area (Å²) >= 11 is 0. The number of fused-ring (bicyclic) bond motifs is 10. The summed E-state index contributed by atoms with van der Waals surface area (Å²) in [5.74, 6) is 0. The van der Waals surface area contributed by atoms with Crippen molar-refractivity contribution in [1.29, 1.82) is 0 Å². The Bertz CT molecular complexity index is 2780. The number of para-hydroxylation sites is 1. The Morgan fingerprint density at radius 2 is 1.14 bits per heavy atom. The van der Waals surface area contributed by atoms with Crippen LogP contribution in [0.25, 0.3) is 77.4 Å². The van der Waals surface area contributed by atoms with Gasteiger partial charge >= 0.3 is 0 Å². The molecule has 2 heterocycles. The molecule has 240 valence electrons. The van der Waals surface area contributed by atoms with Gasteiger partial charge in [0.1, 0.15) is 0 Å². The van der Waals surface area contributed by atoms with Crippen molar-refractivity contribution < 1.29 is 0 Å². The summed E-state index contributed by atoms with van der Waals surface area (Å²) in [5, 5.41) is 3.86. The maximum Gasteiger partial charge on any atom is 0.0715 e. The first-order chi connectivity index (χ1) is 25.2. The van der Waals surface area contributed by atoms with Crippen molar-refractivity contribution >= 4 is 38.6 Å². The molecule has 0 N–H and O–H groups in total. The molecule has 0 saturated heterocycles. The molecular formula is C49H34N2. The average Bonchev–Trinajstić information content (AvgIpc) is 3.65. The van der Waals surface area contributed by atoms with Crippen LogP contribution in [0.1, 0.15) is 18.9 Å². The van der Waals surface area contributed by atoms with E-state index in [4.69, 9.17) is 0 Å². The molecule has 0 spiro atoms. The van der Waals surface area contributed by atoms with Crippen LogP contribution in [0, 0.1) is 0 Å². The summed E-state index contributed by atoms with van der Waals surface area (Å²) in [4.78, 5) is 2.53. The summed E-state index contributed by atoms with van der Waals surface area (Å²) in [6, 6.07) is 56.1. The minimum absolute atomic E-state index is 0.0890. The highest BCUT2D eigenvalue weighted by atomic mass is 15.2. The largest absolute Gasteiger partial charge is 0.331 e. The molecule has 2 nitrogen and oxygen atoms in total. The van der Waals surface area contributed by atoms with E-state index in [1.165, 1.54) is 88.7 Å². The molecule has 0 radical (unpaired) electrons. The molecule has 0 fully saturated rings. The van der Waals surface area contributed by atoms with Crippen LogP contribution in [0.5, 0.6) is 0 Å². The molecular weight excluding hydrogens is 617 g/mol. The van der Waals surface area contributed by atoms with Gasteiger partial charge in [-0.15, -0.1) is 0 Å². The zero-order valence-electron chi connectivity index (χ0n) is 28.3. The van der Waals surface area contributed by atoms with Gasteiger partial charge < -0.3 is 9.47 Å². The fourth-order valence-corrected chi connectivity index (χ4v) is 9.19. The maximum atomic E-state index is 2.53. The first-order valence-electron chi connectivity index (χ1n) is 17.9. The fourth-order valence-electron chi connectivity index (χ4n) is 9.19. The molecule has 1 atom stereocenters. The highest BCUT2D eigenvalue weighted by molar-refractivity contribution is 6.21. The van der Waals surface area contributed by atoms with Gasteiger partial charge in [0.15, 0.2) is 0 Å². The van der Waals surface area contributed by atoms with E-state index >= 15 is 0 Å². The lowest BCUT2D eigenvalue weighted by atomic mass is 9.83.